The summed E-state index contributed by atoms with van der Waals surface area (Å²) in [6.07, 6.45) is 4.91. The van der Waals surface area contributed by atoms with E-state index in [0.717, 1.165) is 36.9 Å². The van der Waals surface area contributed by atoms with Crippen LogP contribution in [0.4, 0.5) is 0 Å². The first kappa shape index (κ1) is 20.4. The van der Waals surface area contributed by atoms with Crippen LogP contribution in [0, 0.1) is 17.3 Å². The summed E-state index contributed by atoms with van der Waals surface area (Å²) in [5.41, 5.74) is 2.64. The molecule has 1 aromatic carbocycles. The van der Waals surface area contributed by atoms with Crippen molar-refractivity contribution in [3.8, 4) is 5.75 Å². The number of amides is 1. The van der Waals surface area contributed by atoms with E-state index >= 15 is 0 Å². The first-order chi connectivity index (χ1) is 14.0. The van der Waals surface area contributed by atoms with Crippen LogP contribution in [0.25, 0.3) is 0 Å². The van der Waals surface area contributed by atoms with Crippen LogP contribution in [0.15, 0.2) is 35.9 Å². The molecule has 1 aromatic rings. The van der Waals surface area contributed by atoms with Crippen LogP contribution in [0.3, 0.4) is 0 Å². The Labute approximate surface area is 175 Å². The fourth-order valence-electron chi connectivity index (χ4n) is 5.47. The number of quaternary nitrogens is 2. The summed E-state index contributed by atoms with van der Waals surface area (Å²) in [6, 6.07) is 7.57. The fraction of sp³-hybridized carbons (Fsp3) is 0.625. The Morgan fingerprint density at radius 1 is 1.24 bits per heavy atom. The maximum absolute atomic E-state index is 13.4. The molecule has 5 rings (SSSR count). The minimum absolute atomic E-state index is 0.149. The second-order valence-electron chi connectivity index (χ2n) is 9.64. The number of carbonyl (C=O) groups is 1. The third-order valence-corrected chi connectivity index (χ3v) is 7.72. The molecule has 0 spiro atoms. The van der Waals surface area contributed by atoms with Crippen LogP contribution in [0.1, 0.15) is 37.0 Å². The van der Waals surface area contributed by atoms with Crippen molar-refractivity contribution in [2.75, 3.05) is 52.9 Å². The number of benzene rings is 1. The van der Waals surface area contributed by atoms with Gasteiger partial charge in [0.2, 0.25) is 0 Å². The maximum Gasteiger partial charge on any atom is 0.254 e. The first-order valence-electron chi connectivity index (χ1n) is 11.3. The molecule has 0 aromatic heterocycles. The molecule has 0 unspecified atom stereocenters. The van der Waals surface area contributed by atoms with Crippen molar-refractivity contribution in [3.05, 3.63) is 41.5 Å². The van der Waals surface area contributed by atoms with Crippen molar-refractivity contribution in [2.24, 2.45) is 17.3 Å². The van der Waals surface area contributed by atoms with E-state index in [-0.39, 0.29) is 5.91 Å². The lowest BCUT2D eigenvalue weighted by atomic mass is 9.49. The Balaban J connectivity index is 1.48. The molecule has 2 atom stereocenters. The molecule has 2 bridgehead atoms. The van der Waals surface area contributed by atoms with Gasteiger partial charge >= 0.3 is 0 Å². The zero-order valence-corrected chi connectivity index (χ0v) is 18.2. The van der Waals surface area contributed by atoms with Gasteiger partial charge < -0.3 is 19.9 Å². The number of allylic oxidation sites excluding steroid dienone is 1. The molecule has 1 heterocycles. The highest BCUT2D eigenvalue weighted by Crippen LogP contribution is 2.59. The maximum atomic E-state index is 13.4. The summed E-state index contributed by atoms with van der Waals surface area (Å²) in [5, 5.41) is 2.39. The SMILES string of the molecule is COc1ccc(C(=O)N(CC[NH+]2CC[NH2+]CC2)CC2=CC[C@H]3C[C@@H]2C3(C)C)cc1. The highest BCUT2D eigenvalue weighted by Gasteiger charge is 2.51. The summed E-state index contributed by atoms with van der Waals surface area (Å²) >= 11 is 0. The molecule has 0 radical (unpaired) electrons. The summed E-state index contributed by atoms with van der Waals surface area (Å²) in [7, 11) is 1.66. The third kappa shape index (κ3) is 4.22. The first-order valence-corrected chi connectivity index (χ1v) is 11.3. The highest BCUT2D eigenvalue weighted by molar-refractivity contribution is 5.94. The number of nitrogens with two attached hydrogens (primary N) is 1. The number of nitrogens with one attached hydrogen (secondary N) is 1. The second-order valence-corrected chi connectivity index (χ2v) is 9.64. The molecule has 1 aliphatic heterocycles. The van der Waals surface area contributed by atoms with E-state index in [1.165, 1.54) is 44.6 Å². The Hall–Kier alpha value is -1.85. The van der Waals surface area contributed by atoms with Crippen LogP contribution in [-0.4, -0.2) is 63.7 Å². The predicted molar refractivity (Wildman–Crippen MR) is 114 cm³/mol. The Morgan fingerprint density at radius 3 is 2.59 bits per heavy atom. The van der Waals surface area contributed by atoms with Gasteiger partial charge in [0.15, 0.2) is 0 Å². The molecular weight excluding hydrogens is 362 g/mol. The van der Waals surface area contributed by atoms with Crippen molar-refractivity contribution in [3.63, 3.8) is 0 Å². The topological polar surface area (TPSA) is 50.6 Å². The second kappa shape index (κ2) is 8.49. The van der Waals surface area contributed by atoms with Gasteiger partial charge in [0.25, 0.3) is 5.91 Å². The van der Waals surface area contributed by atoms with E-state index in [1.54, 1.807) is 12.0 Å². The molecule has 4 aliphatic rings. The number of methoxy groups -OCH3 is 1. The summed E-state index contributed by atoms with van der Waals surface area (Å²) in [6.45, 7) is 12.3. The molecule has 3 N–H and O–H groups in total. The highest BCUT2D eigenvalue weighted by atomic mass is 16.5. The van der Waals surface area contributed by atoms with Gasteiger partial charge in [-0.3, -0.25) is 4.79 Å². The summed E-state index contributed by atoms with van der Waals surface area (Å²) in [5.74, 6) is 2.41. The molecule has 3 aliphatic carbocycles. The van der Waals surface area contributed by atoms with Gasteiger partial charge in [-0.2, -0.15) is 0 Å². The van der Waals surface area contributed by atoms with Crippen molar-refractivity contribution >= 4 is 5.91 Å². The van der Waals surface area contributed by atoms with Gasteiger partial charge in [-0.1, -0.05) is 25.5 Å². The average Bonchev–Trinajstić information content (AvgIpc) is 2.76. The molecule has 1 amide bonds. The number of rotatable bonds is 7. The monoisotopic (exact) mass is 399 g/mol. The summed E-state index contributed by atoms with van der Waals surface area (Å²) < 4.78 is 5.26. The minimum atomic E-state index is 0.149. The normalized spacial score (nSPS) is 25.7. The van der Waals surface area contributed by atoms with Crippen LogP contribution in [0.2, 0.25) is 0 Å². The number of piperazine rings is 1. The fourth-order valence-corrected chi connectivity index (χ4v) is 5.47. The molecule has 29 heavy (non-hydrogen) atoms. The van der Waals surface area contributed by atoms with Crippen LogP contribution >= 0.6 is 0 Å². The van der Waals surface area contributed by atoms with Gasteiger partial charge in [-0.05, 0) is 54.4 Å². The van der Waals surface area contributed by atoms with E-state index in [1.807, 2.05) is 24.3 Å². The Morgan fingerprint density at radius 2 is 1.97 bits per heavy atom. The molecule has 1 saturated carbocycles. The van der Waals surface area contributed by atoms with E-state index in [2.05, 4.69) is 30.1 Å². The van der Waals surface area contributed by atoms with Crippen molar-refractivity contribution in [2.45, 2.75) is 26.7 Å². The smallest absolute Gasteiger partial charge is 0.254 e. The van der Waals surface area contributed by atoms with Crippen molar-refractivity contribution < 1.29 is 19.7 Å². The molecule has 158 valence electrons. The largest absolute Gasteiger partial charge is 0.497 e. The number of hydrogen-bond acceptors (Lipinski definition) is 2. The third-order valence-electron chi connectivity index (χ3n) is 7.72. The van der Waals surface area contributed by atoms with Gasteiger partial charge in [-0.25, -0.2) is 0 Å². The number of carbonyl (C=O) groups excluding carboxylic acids is 1. The lowest BCUT2D eigenvalue weighted by molar-refractivity contribution is -0.946. The number of hydrogen-bond donors (Lipinski definition) is 2. The lowest BCUT2D eigenvalue weighted by Crippen LogP contribution is -3.20. The number of ether oxygens (including phenoxy) is 1. The van der Waals surface area contributed by atoms with Gasteiger partial charge in [-0.15, -0.1) is 0 Å². The van der Waals surface area contributed by atoms with E-state index in [0.29, 0.717) is 11.3 Å². The minimum Gasteiger partial charge on any atom is -0.497 e. The number of fused-ring (bicyclic) bond motifs is 1. The van der Waals surface area contributed by atoms with Crippen molar-refractivity contribution in [1.29, 1.82) is 0 Å². The van der Waals surface area contributed by atoms with E-state index < -0.39 is 0 Å². The standard InChI is InChI=1S/C24H35N3O2/c1-24(2)20-7-4-19(22(24)16-20)17-27(15-14-26-12-10-25-11-13-26)23(28)18-5-8-21(29-3)9-6-18/h4-6,8-9,20,22,25H,7,10-17H2,1-3H3/p+2/t20-,22-/m0/s1. The lowest BCUT2D eigenvalue weighted by Gasteiger charge is -2.57. The predicted octanol–water partition coefficient (Wildman–Crippen LogP) is 0.592. The van der Waals surface area contributed by atoms with Gasteiger partial charge in [0.05, 0.1) is 20.2 Å². The average molecular weight is 400 g/mol. The summed E-state index contributed by atoms with van der Waals surface area (Å²) in [4.78, 5) is 17.1. The van der Waals surface area contributed by atoms with E-state index in [9.17, 15) is 4.79 Å². The molecule has 5 nitrogen and oxygen atoms in total. The van der Waals surface area contributed by atoms with Gasteiger partial charge in [0, 0.05) is 12.1 Å². The molecule has 1 saturated heterocycles. The van der Waals surface area contributed by atoms with E-state index in [4.69, 9.17) is 4.74 Å². The molecule has 2 fully saturated rings. The Kier molecular flexibility index (Phi) is 5.98. The number of nitrogens with zero attached hydrogens (tertiary/aromatic N) is 1. The van der Waals surface area contributed by atoms with Crippen molar-refractivity contribution in [1.82, 2.24) is 4.90 Å². The molecular formula is C24H37N3O2+2. The van der Waals surface area contributed by atoms with Crippen LogP contribution in [-0.2, 0) is 0 Å². The zero-order valence-electron chi connectivity index (χ0n) is 18.2. The quantitative estimate of drug-likeness (QED) is 0.660. The Bertz CT molecular complexity index is 750. The van der Waals surface area contributed by atoms with Crippen LogP contribution in [0.5, 0.6) is 5.75 Å². The zero-order chi connectivity index (χ0) is 20.4. The van der Waals surface area contributed by atoms with Gasteiger partial charge in [0.1, 0.15) is 31.9 Å². The molecule has 5 heteroatoms. The van der Waals surface area contributed by atoms with Crippen LogP contribution < -0.4 is 15.0 Å².